The Kier molecular flexibility index (Phi) is 5.64. The third-order valence-corrected chi connectivity index (χ3v) is 5.06. The van der Waals surface area contributed by atoms with Crippen molar-refractivity contribution < 1.29 is 13.2 Å². The summed E-state index contributed by atoms with van der Waals surface area (Å²) in [5, 5.41) is 3.10. The maximum Gasteiger partial charge on any atom is 0.261 e. The quantitative estimate of drug-likeness (QED) is 0.772. The predicted octanol–water partition coefficient (Wildman–Crippen LogP) is 3.37. The van der Waals surface area contributed by atoms with Gasteiger partial charge < -0.3 is 5.32 Å². The molecule has 0 aromatic heterocycles. The lowest BCUT2D eigenvalue weighted by Gasteiger charge is -2.10. The summed E-state index contributed by atoms with van der Waals surface area (Å²) < 4.78 is 27.2. The van der Waals surface area contributed by atoms with E-state index in [-0.39, 0.29) is 10.8 Å². The molecule has 1 amide bonds. The number of benzene rings is 2. The second-order valence-electron chi connectivity index (χ2n) is 5.09. The minimum absolute atomic E-state index is 0.0551. The van der Waals surface area contributed by atoms with Gasteiger partial charge in [0.2, 0.25) is 0 Å². The van der Waals surface area contributed by atoms with Crippen LogP contribution in [0.25, 0.3) is 0 Å². The Morgan fingerprint density at radius 3 is 2.46 bits per heavy atom. The van der Waals surface area contributed by atoms with Gasteiger partial charge in [0.1, 0.15) is 0 Å². The number of rotatable bonds is 6. The Balaban J connectivity index is 2.18. The first kappa shape index (κ1) is 18.0. The van der Waals surface area contributed by atoms with Gasteiger partial charge in [-0.2, -0.15) is 0 Å². The van der Waals surface area contributed by atoms with Crippen LogP contribution in [0, 0.1) is 6.92 Å². The molecule has 2 aromatic rings. The summed E-state index contributed by atoms with van der Waals surface area (Å²) in [5.41, 5.74) is 1.60. The molecule has 2 aromatic carbocycles. The highest BCUT2D eigenvalue weighted by molar-refractivity contribution is 7.92. The lowest BCUT2D eigenvalue weighted by molar-refractivity contribution is 0.0958. The fourth-order valence-electron chi connectivity index (χ4n) is 1.92. The van der Waals surface area contributed by atoms with Crippen LogP contribution in [0.3, 0.4) is 0 Å². The molecule has 2 rings (SSSR count). The Bertz CT molecular complexity index is 862. The summed E-state index contributed by atoms with van der Waals surface area (Å²) in [7, 11) is -3.76. The van der Waals surface area contributed by atoms with E-state index in [1.807, 2.05) is 6.92 Å². The van der Waals surface area contributed by atoms with Gasteiger partial charge in [-0.1, -0.05) is 23.7 Å². The van der Waals surface area contributed by atoms with E-state index in [4.69, 9.17) is 11.6 Å². The van der Waals surface area contributed by atoms with Crippen molar-refractivity contribution in [2.45, 2.75) is 11.8 Å². The highest BCUT2D eigenvalue weighted by Gasteiger charge is 2.15. The number of carbonyl (C=O) groups is 1. The number of amides is 1. The lowest BCUT2D eigenvalue weighted by Crippen LogP contribution is -2.23. The molecule has 0 aliphatic carbocycles. The first-order valence-corrected chi connectivity index (χ1v) is 8.98. The number of carbonyl (C=O) groups excluding carboxylic acids is 1. The Morgan fingerprint density at radius 1 is 1.21 bits per heavy atom. The van der Waals surface area contributed by atoms with Gasteiger partial charge in [-0.3, -0.25) is 9.52 Å². The van der Waals surface area contributed by atoms with Crippen molar-refractivity contribution in [3.05, 3.63) is 71.3 Å². The van der Waals surface area contributed by atoms with Crippen LogP contribution in [0.15, 0.2) is 60.0 Å². The number of sulfonamides is 1. The van der Waals surface area contributed by atoms with Crippen LogP contribution in [-0.2, 0) is 10.0 Å². The summed E-state index contributed by atoms with van der Waals surface area (Å²) in [6.45, 7) is 5.68. The van der Waals surface area contributed by atoms with Crippen molar-refractivity contribution in [2.24, 2.45) is 0 Å². The monoisotopic (exact) mass is 364 g/mol. The fourth-order valence-corrected chi connectivity index (χ4v) is 3.15. The van der Waals surface area contributed by atoms with E-state index < -0.39 is 10.0 Å². The van der Waals surface area contributed by atoms with Gasteiger partial charge in [0, 0.05) is 17.1 Å². The van der Waals surface area contributed by atoms with E-state index >= 15 is 0 Å². The average Bonchev–Trinajstić information content (AvgIpc) is 2.56. The zero-order valence-corrected chi connectivity index (χ0v) is 14.6. The summed E-state index contributed by atoms with van der Waals surface area (Å²) >= 11 is 6.00. The van der Waals surface area contributed by atoms with E-state index in [1.165, 1.54) is 24.3 Å². The van der Waals surface area contributed by atoms with Crippen LogP contribution in [0.1, 0.15) is 15.9 Å². The van der Waals surface area contributed by atoms with Gasteiger partial charge >= 0.3 is 0 Å². The van der Waals surface area contributed by atoms with E-state index in [1.54, 1.807) is 24.3 Å². The Morgan fingerprint density at radius 2 is 1.88 bits per heavy atom. The number of hydrogen-bond donors (Lipinski definition) is 2. The van der Waals surface area contributed by atoms with E-state index in [0.29, 0.717) is 22.8 Å². The molecule has 2 N–H and O–H groups in total. The summed E-state index contributed by atoms with van der Waals surface area (Å²) in [4.78, 5) is 11.8. The van der Waals surface area contributed by atoms with Crippen LogP contribution in [-0.4, -0.2) is 20.9 Å². The molecule has 0 aliphatic heterocycles. The first-order chi connectivity index (χ1) is 11.3. The SMILES string of the molecule is C=CCNC(=O)c1ccc(S(=O)(=O)Nc2ccc(C)c(Cl)c2)cc1. The molecule has 0 saturated heterocycles. The molecule has 7 heteroatoms. The molecule has 0 saturated carbocycles. The summed E-state index contributed by atoms with van der Waals surface area (Å²) in [6.07, 6.45) is 1.56. The number of halogens is 1. The third kappa shape index (κ3) is 4.37. The van der Waals surface area contributed by atoms with E-state index in [0.717, 1.165) is 5.56 Å². The molecular formula is C17H17ClN2O3S. The maximum atomic E-state index is 12.4. The molecule has 0 heterocycles. The van der Waals surface area contributed by atoms with E-state index in [2.05, 4.69) is 16.6 Å². The molecule has 0 bridgehead atoms. The molecule has 5 nitrogen and oxygen atoms in total. The minimum atomic E-state index is -3.76. The Labute approximate surface area is 146 Å². The van der Waals surface area contributed by atoms with Crippen LogP contribution in [0.4, 0.5) is 5.69 Å². The highest BCUT2D eigenvalue weighted by Crippen LogP contribution is 2.22. The summed E-state index contributed by atoms with van der Waals surface area (Å²) in [6, 6.07) is 10.6. The molecule has 0 fully saturated rings. The summed E-state index contributed by atoms with van der Waals surface area (Å²) in [5.74, 6) is -0.294. The second-order valence-corrected chi connectivity index (χ2v) is 7.18. The van der Waals surface area contributed by atoms with Crippen LogP contribution in [0.2, 0.25) is 5.02 Å². The van der Waals surface area contributed by atoms with Crippen molar-refractivity contribution in [1.29, 1.82) is 0 Å². The minimum Gasteiger partial charge on any atom is -0.349 e. The average molecular weight is 365 g/mol. The number of nitrogens with one attached hydrogen (secondary N) is 2. The number of anilines is 1. The number of hydrogen-bond acceptors (Lipinski definition) is 3. The standard InChI is InChI=1S/C17H17ClN2O3S/c1-3-10-19-17(21)13-5-8-15(9-6-13)24(22,23)20-14-7-4-12(2)16(18)11-14/h3-9,11,20H,1,10H2,2H3,(H,19,21). The normalized spacial score (nSPS) is 10.9. The molecule has 0 spiro atoms. The zero-order chi connectivity index (χ0) is 17.7. The Hall–Kier alpha value is -2.31. The van der Waals surface area contributed by atoms with Gasteiger partial charge in [0.05, 0.1) is 10.6 Å². The van der Waals surface area contributed by atoms with Crippen molar-refractivity contribution in [2.75, 3.05) is 11.3 Å². The molecule has 24 heavy (non-hydrogen) atoms. The maximum absolute atomic E-state index is 12.4. The lowest BCUT2D eigenvalue weighted by atomic mass is 10.2. The van der Waals surface area contributed by atoms with Crippen LogP contribution < -0.4 is 10.0 Å². The van der Waals surface area contributed by atoms with Crippen molar-refractivity contribution in [3.8, 4) is 0 Å². The molecule has 0 radical (unpaired) electrons. The zero-order valence-electron chi connectivity index (χ0n) is 13.0. The van der Waals surface area contributed by atoms with Gasteiger partial charge in [-0.25, -0.2) is 8.42 Å². The van der Waals surface area contributed by atoms with Crippen molar-refractivity contribution in [3.63, 3.8) is 0 Å². The van der Waals surface area contributed by atoms with Crippen molar-refractivity contribution in [1.82, 2.24) is 5.32 Å². The molecule has 126 valence electrons. The van der Waals surface area contributed by atoms with Crippen molar-refractivity contribution >= 4 is 33.2 Å². The highest BCUT2D eigenvalue weighted by atomic mass is 35.5. The molecule has 0 atom stereocenters. The van der Waals surface area contributed by atoms with Gasteiger partial charge in [-0.15, -0.1) is 6.58 Å². The van der Waals surface area contributed by atoms with Gasteiger partial charge in [-0.05, 0) is 48.9 Å². The van der Waals surface area contributed by atoms with Gasteiger partial charge in [0.25, 0.3) is 15.9 Å². The van der Waals surface area contributed by atoms with Crippen LogP contribution in [0.5, 0.6) is 0 Å². The second kappa shape index (κ2) is 7.51. The predicted molar refractivity (Wildman–Crippen MR) is 96.0 cm³/mol. The smallest absolute Gasteiger partial charge is 0.261 e. The van der Waals surface area contributed by atoms with Crippen LogP contribution >= 0.6 is 11.6 Å². The van der Waals surface area contributed by atoms with Gasteiger partial charge in [0.15, 0.2) is 0 Å². The third-order valence-electron chi connectivity index (χ3n) is 3.26. The van der Waals surface area contributed by atoms with E-state index in [9.17, 15) is 13.2 Å². The largest absolute Gasteiger partial charge is 0.349 e. The molecular weight excluding hydrogens is 348 g/mol. The topological polar surface area (TPSA) is 75.3 Å². The number of aryl methyl sites for hydroxylation is 1. The fraction of sp³-hybridized carbons (Fsp3) is 0.118. The molecule has 0 unspecified atom stereocenters. The first-order valence-electron chi connectivity index (χ1n) is 7.11. The molecule has 0 aliphatic rings.